The highest BCUT2D eigenvalue weighted by molar-refractivity contribution is 6.33. The molecule has 1 N–H and O–H groups in total. The number of carbonyl (C=O) groups is 1. The minimum absolute atomic E-state index is 0.0350. The molecule has 3 aromatic carbocycles. The lowest BCUT2D eigenvalue weighted by Crippen LogP contribution is -2.49. The highest BCUT2D eigenvalue weighted by Crippen LogP contribution is 2.35. The molecule has 2 aliphatic heterocycles. The summed E-state index contributed by atoms with van der Waals surface area (Å²) in [5.74, 6) is 0.382. The van der Waals surface area contributed by atoms with Crippen molar-refractivity contribution in [3.63, 3.8) is 0 Å². The molecule has 6 heteroatoms. The van der Waals surface area contributed by atoms with Gasteiger partial charge in [-0.2, -0.15) is 0 Å². The normalized spacial score (nSPS) is 19.4. The summed E-state index contributed by atoms with van der Waals surface area (Å²) in [5, 5.41) is 5.99. The third-order valence-electron chi connectivity index (χ3n) is 6.96. The molecule has 0 spiro atoms. The van der Waals surface area contributed by atoms with Crippen molar-refractivity contribution in [1.82, 2.24) is 5.32 Å². The third-order valence-corrected chi connectivity index (χ3v) is 7.26. The highest BCUT2D eigenvalue weighted by atomic mass is 35.5. The summed E-state index contributed by atoms with van der Waals surface area (Å²) in [6, 6.07) is 17.2. The zero-order chi connectivity index (χ0) is 23.8. The smallest absolute Gasteiger partial charge is 0.254 e. The monoisotopic (exact) mass is 477 g/mol. The summed E-state index contributed by atoms with van der Waals surface area (Å²) in [6.07, 6.45) is 4.71. The van der Waals surface area contributed by atoms with Gasteiger partial charge in [0.25, 0.3) is 5.91 Å². The first-order valence-corrected chi connectivity index (χ1v) is 12.3. The molecule has 0 bridgehead atoms. The first-order chi connectivity index (χ1) is 16.4. The van der Waals surface area contributed by atoms with Gasteiger partial charge in [0, 0.05) is 30.5 Å². The highest BCUT2D eigenvalue weighted by Gasteiger charge is 2.26. The summed E-state index contributed by atoms with van der Waals surface area (Å²) >= 11 is 6.70. The van der Waals surface area contributed by atoms with E-state index in [9.17, 15) is 9.18 Å². The van der Waals surface area contributed by atoms with E-state index in [1.165, 1.54) is 11.6 Å². The lowest BCUT2D eigenvalue weighted by molar-refractivity contribution is -0.115. The van der Waals surface area contributed by atoms with E-state index in [0.717, 1.165) is 60.2 Å². The largest absolute Gasteiger partial charge is 0.370 e. The fourth-order valence-electron chi connectivity index (χ4n) is 5.24. The Morgan fingerprint density at radius 1 is 1.03 bits per heavy atom. The minimum Gasteiger partial charge on any atom is -0.370 e. The molecule has 5 rings (SSSR count). The van der Waals surface area contributed by atoms with E-state index < -0.39 is 0 Å². The van der Waals surface area contributed by atoms with Crippen molar-refractivity contribution in [3.05, 3.63) is 82.8 Å². The van der Waals surface area contributed by atoms with Crippen LogP contribution < -0.4 is 15.1 Å². The topological polar surface area (TPSA) is 35.6 Å². The molecule has 4 nitrogen and oxygen atoms in total. The van der Waals surface area contributed by atoms with Gasteiger partial charge in [0.1, 0.15) is 12.0 Å². The molecule has 1 unspecified atom stereocenters. The minimum atomic E-state index is -0.194. The number of nitrogens with one attached hydrogen (secondary N) is 1. The Bertz CT molecular complexity index is 1270. The van der Waals surface area contributed by atoms with Crippen molar-refractivity contribution < 1.29 is 9.18 Å². The van der Waals surface area contributed by atoms with Crippen LogP contribution in [-0.4, -0.2) is 25.2 Å². The van der Waals surface area contributed by atoms with Crippen LogP contribution in [-0.2, 0) is 11.2 Å². The number of halogens is 2. The van der Waals surface area contributed by atoms with Crippen LogP contribution in [0.2, 0.25) is 5.02 Å². The molecule has 34 heavy (non-hydrogen) atoms. The van der Waals surface area contributed by atoms with Gasteiger partial charge in [-0.3, -0.25) is 9.69 Å². The average Bonchev–Trinajstić information content (AvgIpc) is 2.79. The Kier molecular flexibility index (Phi) is 6.22. The van der Waals surface area contributed by atoms with Gasteiger partial charge in [-0.25, -0.2) is 4.39 Å². The van der Waals surface area contributed by atoms with Crippen LogP contribution >= 0.6 is 11.6 Å². The molecule has 0 radical (unpaired) electrons. The number of nitrogens with zero attached hydrogens (tertiary/aromatic N) is 2. The number of fused-ring (bicyclic) bond motifs is 1. The van der Waals surface area contributed by atoms with Crippen LogP contribution in [0.3, 0.4) is 0 Å². The van der Waals surface area contributed by atoms with E-state index in [4.69, 9.17) is 11.6 Å². The Morgan fingerprint density at radius 3 is 2.50 bits per heavy atom. The molecule has 2 aliphatic rings. The van der Waals surface area contributed by atoms with Crippen molar-refractivity contribution in [3.8, 4) is 0 Å². The van der Waals surface area contributed by atoms with Crippen molar-refractivity contribution in [2.45, 2.75) is 39.3 Å². The molecule has 2 heterocycles. The van der Waals surface area contributed by atoms with Gasteiger partial charge in [-0.05, 0) is 85.7 Å². The third kappa shape index (κ3) is 4.62. The second-order valence-electron chi connectivity index (χ2n) is 9.45. The Balaban J connectivity index is 1.23. The van der Waals surface area contributed by atoms with E-state index in [1.54, 1.807) is 17.0 Å². The quantitative estimate of drug-likeness (QED) is 0.480. The second kappa shape index (κ2) is 9.30. The number of hydrogen-bond acceptors (Lipinski definition) is 3. The summed E-state index contributed by atoms with van der Waals surface area (Å²) in [5.41, 5.74) is 4.00. The van der Waals surface area contributed by atoms with Crippen LogP contribution in [0.1, 0.15) is 32.3 Å². The Labute approximate surface area is 205 Å². The van der Waals surface area contributed by atoms with Gasteiger partial charge in [0.15, 0.2) is 0 Å². The van der Waals surface area contributed by atoms with Crippen molar-refractivity contribution in [1.29, 1.82) is 0 Å². The summed E-state index contributed by atoms with van der Waals surface area (Å²) in [7, 11) is 0. The van der Waals surface area contributed by atoms with Gasteiger partial charge in [0.2, 0.25) is 0 Å². The number of piperidine rings is 1. The molecule has 0 aromatic heterocycles. The van der Waals surface area contributed by atoms with Gasteiger partial charge in [-0.1, -0.05) is 35.9 Å². The molecular weight excluding hydrogens is 449 g/mol. The van der Waals surface area contributed by atoms with Crippen LogP contribution in [0, 0.1) is 11.7 Å². The zero-order valence-corrected chi connectivity index (χ0v) is 20.3. The number of allylic oxidation sites excluding steroid dienone is 1. The van der Waals surface area contributed by atoms with Crippen LogP contribution in [0.15, 0.2) is 66.4 Å². The number of anilines is 2. The molecular formula is C28H29ClFN3O. The first kappa shape index (κ1) is 22.7. The summed E-state index contributed by atoms with van der Waals surface area (Å²) < 4.78 is 13.4. The van der Waals surface area contributed by atoms with Gasteiger partial charge in [-0.15, -0.1) is 0 Å². The lowest BCUT2D eigenvalue weighted by Gasteiger charge is -2.36. The van der Waals surface area contributed by atoms with Crippen molar-refractivity contribution >= 4 is 39.7 Å². The lowest BCUT2D eigenvalue weighted by atomic mass is 9.89. The molecule has 1 fully saturated rings. The zero-order valence-electron chi connectivity index (χ0n) is 19.5. The molecule has 1 atom stereocenters. The number of benzene rings is 3. The fourth-order valence-corrected chi connectivity index (χ4v) is 5.53. The number of rotatable bonds is 4. The second-order valence-corrected chi connectivity index (χ2v) is 9.86. The molecule has 0 aliphatic carbocycles. The maximum absolute atomic E-state index is 13.4. The molecule has 1 saturated heterocycles. The predicted molar refractivity (Wildman–Crippen MR) is 138 cm³/mol. The summed E-state index contributed by atoms with van der Waals surface area (Å²) in [6.45, 7) is 5.76. The molecule has 0 saturated carbocycles. The SMILES string of the molecule is CC1=CC(=O)N(c2ccc(N3CCC(Cc4ccc5cc(F)ccc5c4)CC3)c(Cl)c2)C(C)N1. The molecule has 3 aromatic rings. The maximum atomic E-state index is 13.4. The van der Waals surface area contributed by atoms with Crippen LogP contribution in [0.4, 0.5) is 15.8 Å². The Hall–Kier alpha value is -3.05. The predicted octanol–water partition coefficient (Wildman–Crippen LogP) is 6.28. The van der Waals surface area contributed by atoms with Crippen molar-refractivity contribution in [2.75, 3.05) is 22.9 Å². The van der Waals surface area contributed by atoms with E-state index >= 15 is 0 Å². The average molecular weight is 478 g/mol. The van der Waals surface area contributed by atoms with Crippen molar-refractivity contribution in [2.24, 2.45) is 5.92 Å². The van der Waals surface area contributed by atoms with E-state index in [2.05, 4.69) is 22.3 Å². The number of carbonyl (C=O) groups excluding carboxylic acids is 1. The molecule has 1 amide bonds. The standard InChI is InChI=1S/C28H29ClFN3O/c1-18-13-28(34)33(19(2)31-18)25-7-8-27(26(29)17-25)32-11-9-20(10-12-32)14-21-3-4-23-16-24(30)6-5-22(23)15-21/h3-8,13,15-17,19-20,31H,9-12,14H2,1-2H3. The van der Waals surface area contributed by atoms with Gasteiger partial charge >= 0.3 is 0 Å². The fraction of sp³-hybridized carbons (Fsp3) is 0.321. The molecule has 176 valence electrons. The van der Waals surface area contributed by atoms with E-state index in [1.807, 2.05) is 44.2 Å². The van der Waals surface area contributed by atoms with E-state index in [-0.39, 0.29) is 17.9 Å². The van der Waals surface area contributed by atoms with E-state index in [0.29, 0.717) is 10.9 Å². The first-order valence-electron chi connectivity index (χ1n) is 11.9. The maximum Gasteiger partial charge on any atom is 0.254 e. The Morgan fingerprint density at radius 2 is 1.76 bits per heavy atom. The number of amides is 1. The van der Waals surface area contributed by atoms with Crippen LogP contribution in [0.25, 0.3) is 10.8 Å². The van der Waals surface area contributed by atoms with Gasteiger partial charge < -0.3 is 10.2 Å². The van der Waals surface area contributed by atoms with Gasteiger partial charge in [0.05, 0.1) is 10.7 Å². The number of hydrogen-bond donors (Lipinski definition) is 1. The van der Waals surface area contributed by atoms with Crippen LogP contribution in [0.5, 0.6) is 0 Å². The summed E-state index contributed by atoms with van der Waals surface area (Å²) in [4.78, 5) is 16.6.